The zero-order valence-electron chi connectivity index (χ0n) is 8.87. The van der Waals surface area contributed by atoms with Crippen molar-refractivity contribution in [3.63, 3.8) is 0 Å². The lowest BCUT2D eigenvalue weighted by molar-refractivity contribution is -0.122. The summed E-state index contributed by atoms with van der Waals surface area (Å²) in [6.07, 6.45) is 3.60. The van der Waals surface area contributed by atoms with Gasteiger partial charge in [-0.05, 0) is 25.2 Å². The standard InChI is InChI=1S/C10H19N3O2/c11-8(7-3-4-7)6-10(15)13-5-1-2-9(12)14/h7-8H,1-6,11H2,(H2,12,14)(H,13,15). The van der Waals surface area contributed by atoms with Crippen molar-refractivity contribution in [1.82, 2.24) is 5.32 Å². The smallest absolute Gasteiger partial charge is 0.221 e. The van der Waals surface area contributed by atoms with E-state index in [1.54, 1.807) is 0 Å². The topological polar surface area (TPSA) is 98.2 Å². The van der Waals surface area contributed by atoms with Crippen LogP contribution in [0, 0.1) is 5.92 Å². The van der Waals surface area contributed by atoms with Crippen LogP contribution in [0.15, 0.2) is 0 Å². The molecule has 0 spiro atoms. The van der Waals surface area contributed by atoms with Crippen LogP contribution in [0.2, 0.25) is 0 Å². The van der Waals surface area contributed by atoms with Gasteiger partial charge < -0.3 is 16.8 Å². The van der Waals surface area contributed by atoms with Gasteiger partial charge >= 0.3 is 0 Å². The molecule has 1 rings (SSSR count). The van der Waals surface area contributed by atoms with Gasteiger partial charge in [0.1, 0.15) is 0 Å². The number of amides is 2. The van der Waals surface area contributed by atoms with Crippen LogP contribution in [-0.4, -0.2) is 24.4 Å². The van der Waals surface area contributed by atoms with E-state index in [-0.39, 0.29) is 17.9 Å². The Balaban J connectivity index is 2.00. The van der Waals surface area contributed by atoms with Crippen molar-refractivity contribution >= 4 is 11.8 Å². The zero-order chi connectivity index (χ0) is 11.3. The van der Waals surface area contributed by atoms with Crippen LogP contribution in [0.4, 0.5) is 0 Å². The van der Waals surface area contributed by atoms with Gasteiger partial charge in [-0.1, -0.05) is 0 Å². The molecule has 1 aliphatic carbocycles. The van der Waals surface area contributed by atoms with Crippen molar-refractivity contribution in [3.8, 4) is 0 Å². The van der Waals surface area contributed by atoms with Crippen LogP contribution in [-0.2, 0) is 9.59 Å². The van der Waals surface area contributed by atoms with Crippen molar-refractivity contribution < 1.29 is 9.59 Å². The lowest BCUT2D eigenvalue weighted by Gasteiger charge is -2.09. The molecule has 0 saturated heterocycles. The van der Waals surface area contributed by atoms with Gasteiger partial charge in [-0.15, -0.1) is 0 Å². The van der Waals surface area contributed by atoms with E-state index >= 15 is 0 Å². The first-order valence-electron chi connectivity index (χ1n) is 5.40. The summed E-state index contributed by atoms with van der Waals surface area (Å²) >= 11 is 0. The van der Waals surface area contributed by atoms with Crippen molar-refractivity contribution in [2.75, 3.05) is 6.54 Å². The van der Waals surface area contributed by atoms with Crippen LogP contribution in [0.1, 0.15) is 32.1 Å². The van der Waals surface area contributed by atoms with E-state index in [1.165, 1.54) is 0 Å². The molecular formula is C10H19N3O2. The number of nitrogens with two attached hydrogens (primary N) is 2. The van der Waals surface area contributed by atoms with Gasteiger partial charge in [0.15, 0.2) is 0 Å². The van der Waals surface area contributed by atoms with Crippen molar-refractivity contribution in [2.24, 2.45) is 17.4 Å². The van der Waals surface area contributed by atoms with E-state index < -0.39 is 0 Å². The predicted molar refractivity (Wildman–Crippen MR) is 56.8 cm³/mol. The zero-order valence-corrected chi connectivity index (χ0v) is 8.87. The van der Waals surface area contributed by atoms with Gasteiger partial charge in [0.25, 0.3) is 0 Å². The fourth-order valence-corrected chi connectivity index (χ4v) is 1.47. The van der Waals surface area contributed by atoms with Gasteiger partial charge in [-0.3, -0.25) is 9.59 Å². The molecule has 1 saturated carbocycles. The summed E-state index contributed by atoms with van der Waals surface area (Å²) in [5.74, 6) is 0.180. The predicted octanol–water partition coefficient (Wildman–Crippen LogP) is -0.504. The lowest BCUT2D eigenvalue weighted by Crippen LogP contribution is -2.33. The molecule has 0 bridgehead atoms. The monoisotopic (exact) mass is 213 g/mol. The summed E-state index contributed by atoms with van der Waals surface area (Å²) in [7, 11) is 0. The highest BCUT2D eigenvalue weighted by Gasteiger charge is 2.29. The first-order valence-corrected chi connectivity index (χ1v) is 5.40. The molecule has 1 atom stereocenters. The molecule has 5 heteroatoms. The normalized spacial score (nSPS) is 17.1. The molecule has 86 valence electrons. The molecule has 5 nitrogen and oxygen atoms in total. The van der Waals surface area contributed by atoms with E-state index in [0.717, 1.165) is 12.8 Å². The molecule has 0 aromatic carbocycles. The third kappa shape index (κ3) is 5.37. The number of nitrogens with one attached hydrogen (secondary N) is 1. The van der Waals surface area contributed by atoms with Gasteiger partial charge in [0, 0.05) is 25.4 Å². The number of hydrogen-bond donors (Lipinski definition) is 3. The van der Waals surface area contributed by atoms with E-state index in [0.29, 0.717) is 31.7 Å². The van der Waals surface area contributed by atoms with Crippen molar-refractivity contribution in [1.29, 1.82) is 0 Å². The maximum Gasteiger partial charge on any atom is 0.221 e. The molecule has 0 heterocycles. The second-order valence-electron chi connectivity index (χ2n) is 4.13. The molecule has 5 N–H and O–H groups in total. The summed E-state index contributed by atoms with van der Waals surface area (Å²) < 4.78 is 0. The Hall–Kier alpha value is -1.10. The Kier molecular flexibility index (Phi) is 4.55. The lowest BCUT2D eigenvalue weighted by atomic mass is 10.1. The third-order valence-corrected chi connectivity index (χ3v) is 2.57. The fourth-order valence-electron chi connectivity index (χ4n) is 1.47. The Labute approximate surface area is 89.6 Å². The number of carbonyl (C=O) groups is 2. The van der Waals surface area contributed by atoms with E-state index in [2.05, 4.69) is 5.32 Å². The number of primary amides is 1. The fraction of sp³-hybridized carbons (Fsp3) is 0.800. The minimum Gasteiger partial charge on any atom is -0.370 e. The van der Waals surface area contributed by atoms with Crippen molar-refractivity contribution in [3.05, 3.63) is 0 Å². The van der Waals surface area contributed by atoms with E-state index in [1.807, 2.05) is 0 Å². The van der Waals surface area contributed by atoms with E-state index in [4.69, 9.17) is 11.5 Å². The average Bonchev–Trinajstić information content (AvgIpc) is 2.94. The second-order valence-corrected chi connectivity index (χ2v) is 4.13. The Morgan fingerprint density at radius 3 is 2.60 bits per heavy atom. The van der Waals surface area contributed by atoms with Crippen LogP contribution in [0.3, 0.4) is 0 Å². The van der Waals surface area contributed by atoms with Crippen molar-refractivity contribution in [2.45, 2.75) is 38.1 Å². The quantitative estimate of drug-likeness (QED) is 0.497. The van der Waals surface area contributed by atoms with Crippen LogP contribution in [0.25, 0.3) is 0 Å². The molecule has 1 aliphatic rings. The average molecular weight is 213 g/mol. The molecule has 0 aliphatic heterocycles. The van der Waals surface area contributed by atoms with Gasteiger partial charge in [-0.25, -0.2) is 0 Å². The largest absolute Gasteiger partial charge is 0.370 e. The minimum absolute atomic E-state index is 0.00106. The summed E-state index contributed by atoms with van der Waals surface area (Å²) in [5.41, 5.74) is 10.8. The minimum atomic E-state index is -0.334. The number of carbonyl (C=O) groups excluding carboxylic acids is 2. The van der Waals surface area contributed by atoms with Gasteiger partial charge in [-0.2, -0.15) is 0 Å². The molecule has 0 radical (unpaired) electrons. The SMILES string of the molecule is NC(=O)CCCNC(=O)CC(N)C1CC1. The molecule has 1 unspecified atom stereocenters. The van der Waals surface area contributed by atoms with Gasteiger partial charge in [0.2, 0.25) is 11.8 Å². The maximum absolute atomic E-state index is 11.3. The highest BCUT2D eigenvalue weighted by Crippen LogP contribution is 2.32. The summed E-state index contributed by atoms with van der Waals surface area (Å²) in [6, 6.07) is 0.00106. The molecule has 0 aromatic rings. The molecular weight excluding hydrogens is 194 g/mol. The highest BCUT2D eigenvalue weighted by atomic mass is 16.2. The number of hydrogen-bond acceptors (Lipinski definition) is 3. The van der Waals surface area contributed by atoms with Crippen LogP contribution < -0.4 is 16.8 Å². The van der Waals surface area contributed by atoms with Crippen LogP contribution in [0.5, 0.6) is 0 Å². The van der Waals surface area contributed by atoms with Gasteiger partial charge in [0.05, 0.1) is 0 Å². The highest BCUT2D eigenvalue weighted by molar-refractivity contribution is 5.77. The molecule has 15 heavy (non-hydrogen) atoms. The Bertz CT molecular complexity index is 239. The third-order valence-electron chi connectivity index (χ3n) is 2.57. The molecule has 1 fully saturated rings. The first-order chi connectivity index (χ1) is 7.09. The van der Waals surface area contributed by atoms with Crippen LogP contribution >= 0.6 is 0 Å². The number of rotatable bonds is 7. The second kappa shape index (κ2) is 5.70. The Morgan fingerprint density at radius 1 is 1.40 bits per heavy atom. The molecule has 2 amide bonds. The summed E-state index contributed by atoms with van der Waals surface area (Å²) in [6.45, 7) is 0.499. The molecule has 0 aromatic heterocycles. The Morgan fingerprint density at radius 2 is 2.07 bits per heavy atom. The van der Waals surface area contributed by atoms with E-state index in [9.17, 15) is 9.59 Å². The maximum atomic E-state index is 11.3. The first kappa shape index (κ1) is 12.0. The summed E-state index contributed by atoms with van der Waals surface area (Å²) in [5, 5.41) is 2.72. The summed E-state index contributed by atoms with van der Waals surface area (Å²) in [4.78, 5) is 21.7.